The predicted octanol–water partition coefficient (Wildman–Crippen LogP) is 2.47. The molecule has 1 spiro atoms. The van der Waals surface area contributed by atoms with Gasteiger partial charge >= 0.3 is 0 Å². The van der Waals surface area contributed by atoms with Crippen molar-refractivity contribution in [3.05, 3.63) is 35.4 Å². The Bertz CT molecular complexity index is 721. The molecule has 27 heavy (non-hydrogen) atoms. The third-order valence-corrected chi connectivity index (χ3v) is 6.75. The van der Waals surface area contributed by atoms with Crippen molar-refractivity contribution in [2.75, 3.05) is 39.8 Å². The molecular formula is C22H30N4O. The molecule has 1 aliphatic carbocycles. The van der Waals surface area contributed by atoms with E-state index in [9.17, 15) is 4.79 Å². The summed E-state index contributed by atoms with van der Waals surface area (Å²) in [7, 11) is 2.24. The van der Waals surface area contributed by atoms with Crippen LogP contribution in [0, 0.1) is 17.2 Å². The topological polar surface area (TPSA) is 50.6 Å². The Morgan fingerprint density at radius 2 is 1.93 bits per heavy atom. The number of amides is 1. The number of hydrogen-bond acceptors (Lipinski definition) is 4. The van der Waals surface area contributed by atoms with Crippen LogP contribution in [-0.4, -0.2) is 65.9 Å². The second kappa shape index (κ2) is 7.61. The monoisotopic (exact) mass is 366 g/mol. The van der Waals surface area contributed by atoms with E-state index in [0.717, 1.165) is 58.0 Å². The van der Waals surface area contributed by atoms with E-state index in [2.05, 4.69) is 39.9 Å². The van der Waals surface area contributed by atoms with Crippen molar-refractivity contribution in [2.45, 2.75) is 44.2 Å². The zero-order valence-corrected chi connectivity index (χ0v) is 16.4. The summed E-state index contributed by atoms with van der Waals surface area (Å²) in [5.41, 5.74) is 2.08. The number of carbonyl (C=O) groups is 1. The summed E-state index contributed by atoms with van der Waals surface area (Å²) in [4.78, 5) is 19.8. The number of likely N-dealkylation sites (N-methyl/N-ethyl adjacent to an activating group) is 1. The zero-order valence-electron chi connectivity index (χ0n) is 16.4. The predicted molar refractivity (Wildman–Crippen MR) is 105 cm³/mol. The molecule has 1 atom stereocenters. The van der Waals surface area contributed by atoms with Gasteiger partial charge in [-0.05, 0) is 56.3 Å². The van der Waals surface area contributed by atoms with Crippen molar-refractivity contribution in [1.82, 2.24) is 14.7 Å². The van der Waals surface area contributed by atoms with Gasteiger partial charge in [-0.3, -0.25) is 14.6 Å². The average molecular weight is 367 g/mol. The first kappa shape index (κ1) is 18.5. The summed E-state index contributed by atoms with van der Waals surface area (Å²) in [5.74, 6) is 1.12. The smallest absolute Gasteiger partial charge is 0.222 e. The minimum absolute atomic E-state index is 0.110. The van der Waals surface area contributed by atoms with Gasteiger partial charge in [-0.25, -0.2) is 0 Å². The van der Waals surface area contributed by atoms with Gasteiger partial charge in [0.2, 0.25) is 5.91 Å². The fourth-order valence-corrected chi connectivity index (χ4v) is 4.66. The number of piperazine rings is 1. The van der Waals surface area contributed by atoms with Crippen molar-refractivity contribution in [3.8, 4) is 6.07 Å². The van der Waals surface area contributed by atoms with Gasteiger partial charge in [-0.1, -0.05) is 12.1 Å². The molecular weight excluding hydrogens is 336 g/mol. The highest BCUT2D eigenvalue weighted by Gasteiger charge is 2.42. The Morgan fingerprint density at radius 1 is 1.15 bits per heavy atom. The summed E-state index contributed by atoms with van der Waals surface area (Å²) < 4.78 is 0. The lowest BCUT2D eigenvalue weighted by Crippen LogP contribution is -2.60. The Morgan fingerprint density at radius 3 is 2.63 bits per heavy atom. The summed E-state index contributed by atoms with van der Waals surface area (Å²) in [5, 5.41) is 8.98. The van der Waals surface area contributed by atoms with Crippen LogP contribution in [0.15, 0.2) is 24.3 Å². The number of rotatable bonds is 4. The summed E-state index contributed by atoms with van der Waals surface area (Å²) >= 11 is 0. The van der Waals surface area contributed by atoms with Crippen LogP contribution in [0.1, 0.15) is 43.2 Å². The highest BCUT2D eigenvalue weighted by atomic mass is 16.2. The van der Waals surface area contributed by atoms with E-state index in [1.165, 1.54) is 18.4 Å². The quantitative estimate of drug-likeness (QED) is 0.821. The van der Waals surface area contributed by atoms with Crippen LogP contribution < -0.4 is 0 Å². The van der Waals surface area contributed by atoms with Crippen LogP contribution in [0.5, 0.6) is 0 Å². The first-order valence-electron chi connectivity index (χ1n) is 10.3. The Labute approximate surface area is 162 Å². The third kappa shape index (κ3) is 4.17. The van der Waals surface area contributed by atoms with Crippen LogP contribution in [0.25, 0.3) is 0 Å². The van der Waals surface area contributed by atoms with Gasteiger partial charge in [0, 0.05) is 51.2 Å². The maximum Gasteiger partial charge on any atom is 0.222 e. The average Bonchev–Trinajstić information content (AvgIpc) is 3.51. The summed E-state index contributed by atoms with van der Waals surface area (Å²) in [6, 6.07) is 10.1. The van der Waals surface area contributed by atoms with Gasteiger partial charge in [-0.2, -0.15) is 5.26 Å². The highest BCUT2D eigenvalue weighted by molar-refractivity contribution is 5.76. The standard InChI is InChI=1S/C22H30N4O/c1-24-12-13-25(15-19-4-2-18(14-23)3-5-19)17-22(24)9-8-21(27)26(11-10-22)16-20-6-7-20/h2-5,20H,6-13,15-17H2,1H3/t22-/m0/s1. The lowest BCUT2D eigenvalue weighted by atomic mass is 9.86. The fourth-order valence-electron chi connectivity index (χ4n) is 4.66. The number of likely N-dealkylation sites (tertiary alicyclic amines) is 1. The Balaban J connectivity index is 1.42. The maximum atomic E-state index is 12.6. The van der Waals surface area contributed by atoms with Crippen LogP contribution in [0.2, 0.25) is 0 Å². The van der Waals surface area contributed by atoms with Gasteiger partial charge in [0.1, 0.15) is 0 Å². The van der Waals surface area contributed by atoms with E-state index in [1.54, 1.807) is 0 Å². The Hall–Kier alpha value is -1.90. The maximum absolute atomic E-state index is 12.6. The first-order chi connectivity index (χ1) is 13.1. The second-order valence-corrected chi connectivity index (χ2v) is 8.70. The molecule has 1 amide bonds. The fraction of sp³-hybridized carbons (Fsp3) is 0.636. The molecule has 0 N–H and O–H groups in total. The normalized spacial score (nSPS) is 27.6. The number of hydrogen-bond donors (Lipinski definition) is 0. The highest BCUT2D eigenvalue weighted by Crippen LogP contribution is 2.35. The summed E-state index contributed by atoms with van der Waals surface area (Å²) in [6.07, 6.45) is 5.32. The number of benzene rings is 1. The molecule has 1 aromatic rings. The number of carbonyl (C=O) groups excluding carboxylic acids is 1. The molecule has 0 radical (unpaired) electrons. The van der Waals surface area contributed by atoms with E-state index in [1.807, 2.05) is 12.1 Å². The molecule has 2 saturated heterocycles. The van der Waals surface area contributed by atoms with Crippen molar-refractivity contribution in [1.29, 1.82) is 5.26 Å². The van der Waals surface area contributed by atoms with E-state index < -0.39 is 0 Å². The minimum atomic E-state index is 0.110. The SMILES string of the molecule is CN1CCN(Cc2ccc(C#N)cc2)C[C@@]12CCC(=O)N(CC1CC1)CC2. The van der Waals surface area contributed by atoms with E-state index in [0.29, 0.717) is 17.9 Å². The largest absolute Gasteiger partial charge is 0.342 e. The van der Waals surface area contributed by atoms with E-state index in [-0.39, 0.29) is 5.54 Å². The van der Waals surface area contributed by atoms with Crippen molar-refractivity contribution < 1.29 is 4.79 Å². The van der Waals surface area contributed by atoms with Gasteiger partial charge in [-0.15, -0.1) is 0 Å². The van der Waals surface area contributed by atoms with E-state index in [4.69, 9.17) is 5.26 Å². The van der Waals surface area contributed by atoms with Gasteiger partial charge in [0.05, 0.1) is 11.6 Å². The van der Waals surface area contributed by atoms with Gasteiger partial charge in [0.25, 0.3) is 0 Å². The van der Waals surface area contributed by atoms with Crippen molar-refractivity contribution >= 4 is 5.91 Å². The first-order valence-corrected chi connectivity index (χ1v) is 10.3. The molecule has 1 saturated carbocycles. The lowest BCUT2D eigenvalue weighted by molar-refractivity contribution is -0.131. The number of nitrogens with zero attached hydrogens (tertiary/aromatic N) is 4. The van der Waals surface area contributed by atoms with Crippen LogP contribution >= 0.6 is 0 Å². The minimum Gasteiger partial charge on any atom is -0.342 e. The third-order valence-electron chi connectivity index (χ3n) is 6.75. The van der Waals surface area contributed by atoms with Crippen LogP contribution in [0.4, 0.5) is 0 Å². The van der Waals surface area contributed by atoms with Crippen LogP contribution in [-0.2, 0) is 11.3 Å². The molecule has 3 aliphatic rings. The van der Waals surface area contributed by atoms with Crippen molar-refractivity contribution in [2.24, 2.45) is 5.92 Å². The second-order valence-electron chi connectivity index (χ2n) is 8.70. The van der Waals surface area contributed by atoms with Crippen LogP contribution in [0.3, 0.4) is 0 Å². The van der Waals surface area contributed by atoms with E-state index >= 15 is 0 Å². The molecule has 0 unspecified atom stereocenters. The Kier molecular flexibility index (Phi) is 5.21. The number of nitriles is 1. The molecule has 4 rings (SSSR count). The molecule has 3 fully saturated rings. The summed E-state index contributed by atoms with van der Waals surface area (Å²) in [6.45, 7) is 5.93. The van der Waals surface area contributed by atoms with Gasteiger partial charge in [0.15, 0.2) is 0 Å². The molecule has 2 heterocycles. The molecule has 1 aromatic carbocycles. The molecule has 0 aromatic heterocycles. The molecule has 2 aliphatic heterocycles. The molecule has 0 bridgehead atoms. The van der Waals surface area contributed by atoms with Gasteiger partial charge < -0.3 is 4.90 Å². The lowest BCUT2D eigenvalue weighted by Gasteiger charge is -2.49. The van der Waals surface area contributed by atoms with Crippen molar-refractivity contribution in [3.63, 3.8) is 0 Å². The molecule has 5 heteroatoms. The molecule has 144 valence electrons. The molecule has 5 nitrogen and oxygen atoms in total. The zero-order chi connectivity index (χ0) is 18.9.